The Balaban J connectivity index is 1.53. The first-order valence-corrected chi connectivity index (χ1v) is 10.2. The van der Waals surface area contributed by atoms with Crippen LogP contribution in [0.5, 0.6) is 11.5 Å². The van der Waals surface area contributed by atoms with Crippen LogP contribution in [0.1, 0.15) is 31.2 Å². The highest BCUT2D eigenvalue weighted by Gasteiger charge is 2.53. The van der Waals surface area contributed by atoms with Crippen LogP contribution >= 0.6 is 0 Å². The summed E-state index contributed by atoms with van der Waals surface area (Å²) in [6, 6.07) is 17.3. The zero-order valence-electron chi connectivity index (χ0n) is 15.4. The number of hydrogen-bond donors (Lipinski definition) is 0. The van der Waals surface area contributed by atoms with Crippen LogP contribution in [0.2, 0.25) is 0 Å². The minimum absolute atomic E-state index is 0.448. The van der Waals surface area contributed by atoms with Gasteiger partial charge in [-0.2, -0.15) is 5.10 Å². The standard InChI is InChI=1S/C23H24N2O2/c1-3-8-20-17(6-1)22-18-14-15-12-16(13-15)23(18)25(24-22)19-7-2-4-9-21(19)27-11-5-10-26-20/h1-4,6-9,15-16,18,23H,5,10-14H2/t15?,16?,18-,23-/m0/s1. The van der Waals surface area contributed by atoms with E-state index < -0.39 is 0 Å². The number of para-hydroxylation sites is 3. The zero-order chi connectivity index (χ0) is 17.8. The lowest BCUT2D eigenvalue weighted by molar-refractivity contribution is 0.0703. The van der Waals surface area contributed by atoms with Gasteiger partial charge >= 0.3 is 0 Å². The van der Waals surface area contributed by atoms with E-state index in [1.165, 1.54) is 30.5 Å². The number of ether oxygens (including phenoxy) is 2. The maximum absolute atomic E-state index is 6.14. The van der Waals surface area contributed by atoms with Crippen LogP contribution in [0.4, 0.5) is 5.69 Å². The van der Waals surface area contributed by atoms with E-state index in [1.807, 2.05) is 0 Å². The molecule has 2 aliphatic heterocycles. The lowest BCUT2D eigenvalue weighted by atomic mass is 9.57. The Morgan fingerprint density at radius 3 is 2.48 bits per heavy atom. The Bertz CT molecular complexity index is 903. The van der Waals surface area contributed by atoms with E-state index >= 15 is 0 Å². The Morgan fingerprint density at radius 1 is 0.852 bits per heavy atom. The molecule has 0 amide bonds. The number of benzene rings is 2. The van der Waals surface area contributed by atoms with Crippen LogP contribution in [0.3, 0.4) is 0 Å². The van der Waals surface area contributed by atoms with Crippen molar-refractivity contribution in [3.8, 4) is 11.5 Å². The van der Waals surface area contributed by atoms with E-state index in [0.29, 0.717) is 25.2 Å². The first-order valence-electron chi connectivity index (χ1n) is 10.2. The van der Waals surface area contributed by atoms with Crippen molar-refractivity contribution in [2.75, 3.05) is 18.2 Å². The van der Waals surface area contributed by atoms with E-state index in [-0.39, 0.29) is 0 Å². The highest BCUT2D eigenvalue weighted by Crippen LogP contribution is 2.55. The molecule has 2 aromatic rings. The van der Waals surface area contributed by atoms with Gasteiger partial charge in [-0.3, -0.25) is 5.01 Å². The topological polar surface area (TPSA) is 34.1 Å². The minimum atomic E-state index is 0.448. The molecule has 0 N–H and O–H groups in total. The molecule has 2 atom stereocenters. The summed E-state index contributed by atoms with van der Waals surface area (Å²) in [4.78, 5) is 0. The van der Waals surface area contributed by atoms with Gasteiger partial charge in [0.1, 0.15) is 17.2 Å². The summed E-state index contributed by atoms with van der Waals surface area (Å²) < 4.78 is 12.3. The fourth-order valence-electron chi connectivity index (χ4n) is 5.45. The van der Waals surface area contributed by atoms with Crippen molar-refractivity contribution < 1.29 is 9.47 Å². The molecule has 3 aliphatic carbocycles. The van der Waals surface area contributed by atoms with Crippen LogP contribution in [0, 0.1) is 17.8 Å². The molecule has 3 saturated carbocycles. The van der Waals surface area contributed by atoms with E-state index in [9.17, 15) is 0 Å². The summed E-state index contributed by atoms with van der Waals surface area (Å²) >= 11 is 0. The van der Waals surface area contributed by atoms with Gasteiger partial charge < -0.3 is 9.47 Å². The molecule has 3 fully saturated rings. The van der Waals surface area contributed by atoms with Gasteiger partial charge in [-0.1, -0.05) is 24.3 Å². The van der Waals surface area contributed by atoms with Gasteiger partial charge in [0, 0.05) is 17.9 Å². The summed E-state index contributed by atoms with van der Waals surface area (Å²) in [5.41, 5.74) is 3.50. The van der Waals surface area contributed by atoms with E-state index in [4.69, 9.17) is 14.6 Å². The van der Waals surface area contributed by atoms with Gasteiger partial charge in [-0.15, -0.1) is 0 Å². The average molecular weight is 360 g/mol. The van der Waals surface area contributed by atoms with E-state index in [2.05, 4.69) is 53.5 Å². The molecule has 27 heavy (non-hydrogen) atoms. The molecule has 0 saturated heterocycles. The highest BCUT2D eigenvalue weighted by molar-refractivity contribution is 6.07. The molecule has 2 heterocycles. The van der Waals surface area contributed by atoms with Crippen molar-refractivity contribution in [3.63, 3.8) is 0 Å². The molecule has 0 aromatic heterocycles. The molecule has 0 unspecified atom stereocenters. The number of nitrogens with zero attached hydrogens (tertiary/aromatic N) is 2. The van der Waals surface area contributed by atoms with Gasteiger partial charge in [-0.25, -0.2) is 0 Å². The summed E-state index contributed by atoms with van der Waals surface area (Å²) in [6.07, 6.45) is 4.81. The molecule has 2 aromatic carbocycles. The Hall–Kier alpha value is -2.49. The van der Waals surface area contributed by atoms with Gasteiger partial charge in [0.15, 0.2) is 0 Å². The smallest absolute Gasteiger partial charge is 0.144 e. The third-order valence-electron chi connectivity index (χ3n) is 6.68. The fraction of sp³-hybridized carbons (Fsp3) is 0.435. The summed E-state index contributed by atoms with van der Waals surface area (Å²) in [5.74, 6) is 4.00. The Morgan fingerprint density at radius 2 is 1.59 bits per heavy atom. The van der Waals surface area contributed by atoms with Crippen molar-refractivity contribution in [2.24, 2.45) is 22.9 Å². The third-order valence-corrected chi connectivity index (χ3v) is 6.68. The van der Waals surface area contributed by atoms with Crippen molar-refractivity contribution in [2.45, 2.75) is 31.7 Å². The average Bonchev–Trinajstić information content (AvgIpc) is 3.07. The SMILES string of the molecule is c1ccc2c(c1)OCCCOc1ccccc1N1N=C2[C@@H]2CC3CC(C3)[C@@H]21. The normalized spacial score (nSPS) is 30.8. The molecule has 4 bridgehead atoms. The predicted molar refractivity (Wildman–Crippen MR) is 106 cm³/mol. The number of anilines is 1. The summed E-state index contributed by atoms with van der Waals surface area (Å²) in [5, 5.41) is 7.50. The second kappa shape index (κ2) is 6.01. The van der Waals surface area contributed by atoms with Crippen molar-refractivity contribution in [1.82, 2.24) is 0 Å². The third kappa shape index (κ3) is 2.39. The van der Waals surface area contributed by atoms with Gasteiger partial charge in [0.05, 0.1) is 25.0 Å². The number of fused-ring (bicyclic) bond motifs is 5. The van der Waals surface area contributed by atoms with Gasteiger partial charge in [-0.05, 0) is 55.4 Å². The predicted octanol–water partition coefficient (Wildman–Crippen LogP) is 4.49. The van der Waals surface area contributed by atoms with E-state index in [0.717, 1.165) is 35.4 Å². The summed E-state index contributed by atoms with van der Waals surface area (Å²) in [7, 11) is 0. The minimum Gasteiger partial charge on any atom is -0.493 e. The van der Waals surface area contributed by atoms with E-state index in [1.54, 1.807) is 0 Å². The zero-order valence-corrected chi connectivity index (χ0v) is 15.4. The summed E-state index contributed by atoms with van der Waals surface area (Å²) in [6.45, 7) is 1.32. The van der Waals surface area contributed by atoms with Crippen LogP contribution in [-0.4, -0.2) is 25.0 Å². The maximum Gasteiger partial charge on any atom is 0.144 e. The molecule has 0 spiro atoms. The Labute approximate surface area is 159 Å². The second-order valence-electron chi connectivity index (χ2n) is 8.27. The maximum atomic E-state index is 6.14. The van der Waals surface area contributed by atoms with Crippen molar-refractivity contribution in [3.05, 3.63) is 54.1 Å². The van der Waals surface area contributed by atoms with Crippen LogP contribution in [-0.2, 0) is 0 Å². The number of rotatable bonds is 0. The van der Waals surface area contributed by atoms with Crippen molar-refractivity contribution >= 4 is 11.4 Å². The highest BCUT2D eigenvalue weighted by atomic mass is 16.5. The molecular formula is C23H24N2O2. The first-order chi connectivity index (χ1) is 13.4. The second-order valence-corrected chi connectivity index (χ2v) is 8.27. The first kappa shape index (κ1) is 15.6. The monoisotopic (exact) mass is 360 g/mol. The van der Waals surface area contributed by atoms with Gasteiger partial charge in [0.25, 0.3) is 0 Å². The molecule has 5 aliphatic rings. The van der Waals surface area contributed by atoms with Crippen molar-refractivity contribution in [1.29, 1.82) is 0 Å². The fourth-order valence-corrected chi connectivity index (χ4v) is 5.45. The number of hydrogen-bond acceptors (Lipinski definition) is 4. The quantitative estimate of drug-likeness (QED) is 0.694. The van der Waals surface area contributed by atoms with Crippen LogP contribution in [0.15, 0.2) is 53.6 Å². The molecule has 7 rings (SSSR count). The largest absolute Gasteiger partial charge is 0.493 e. The lowest BCUT2D eigenvalue weighted by Crippen LogP contribution is -2.51. The van der Waals surface area contributed by atoms with Crippen LogP contribution < -0.4 is 14.5 Å². The Kier molecular flexibility index (Phi) is 3.46. The van der Waals surface area contributed by atoms with Crippen LogP contribution in [0.25, 0.3) is 0 Å². The molecule has 4 nitrogen and oxygen atoms in total. The molecule has 0 radical (unpaired) electrons. The molecule has 138 valence electrons. The lowest BCUT2D eigenvalue weighted by Gasteiger charge is -2.50. The molecular weight excluding hydrogens is 336 g/mol. The molecule has 4 heteroatoms. The number of hydrazone groups is 1. The van der Waals surface area contributed by atoms with Gasteiger partial charge in [0.2, 0.25) is 0 Å².